The van der Waals surface area contributed by atoms with Crippen LogP contribution in [0.2, 0.25) is 0 Å². The van der Waals surface area contributed by atoms with Crippen LogP contribution in [0.15, 0.2) is 30.3 Å². The van der Waals surface area contributed by atoms with Crippen molar-refractivity contribution < 1.29 is 19.7 Å². The quantitative estimate of drug-likeness (QED) is 0.588. The average Bonchev–Trinajstić information content (AvgIpc) is 2.15. The van der Waals surface area contributed by atoms with Gasteiger partial charge in [0, 0.05) is 0 Å². The molecule has 7 heteroatoms. The Morgan fingerprint density at radius 1 is 1.43 bits per heavy atom. The van der Waals surface area contributed by atoms with E-state index in [1.807, 2.05) is 0 Å². The van der Waals surface area contributed by atoms with Crippen LogP contribution in [0.5, 0.6) is 0 Å². The van der Waals surface area contributed by atoms with Crippen LogP contribution in [0.25, 0.3) is 0 Å². The number of hydrogen-bond acceptors (Lipinski definition) is 3. The molecule has 0 saturated heterocycles. The van der Waals surface area contributed by atoms with Crippen LogP contribution in [0.4, 0.5) is 5.69 Å². The fourth-order valence-corrected chi connectivity index (χ4v) is 1.43. The van der Waals surface area contributed by atoms with E-state index in [-0.39, 0.29) is 0 Å². The summed E-state index contributed by atoms with van der Waals surface area (Å²) in [6.45, 7) is 0. The molecule has 1 atom stereocenters. The second-order valence-corrected chi connectivity index (χ2v) is 3.41. The number of hydrazine groups is 1. The minimum absolute atomic E-state index is 0.309. The van der Waals surface area contributed by atoms with Gasteiger partial charge in [-0.3, -0.25) is 0 Å². The SMILES string of the molecule is O=[N+](O)N(C[P+](=O)[O-])c1ccccc1. The standard InChI is InChI=1S/C7H8N2O4P/c10-9(11)8(6-14(12)13)7-4-2-1-3-5-7/h1-5H,6H2,(H,10,11)/q+1. The Kier molecular flexibility index (Phi) is 3.50. The molecule has 0 saturated carbocycles. The second-order valence-electron chi connectivity index (χ2n) is 2.46. The molecule has 1 aromatic rings. The third kappa shape index (κ3) is 2.76. The van der Waals surface area contributed by atoms with E-state index in [0.29, 0.717) is 10.7 Å². The molecule has 14 heavy (non-hydrogen) atoms. The van der Waals surface area contributed by atoms with Crippen LogP contribution in [0, 0.1) is 4.91 Å². The lowest BCUT2D eigenvalue weighted by atomic mass is 10.3. The van der Waals surface area contributed by atoms with Crippen LogP contribution in [0.3, 0.4) is 0 Å². The highest BCUT2D eigenvalue weighted by Gasteiger charge is 2.27. The van der Waals surface area contributed by atoms with E-state index in [4.69, 9.17) is 5.21 Å². The molecule has 1 unspecified atom stereocenters. The monoisotopic (exact) mass is 215 g/mol. The molecular weight excluding hydrogens is 207 g/mol. The molecule has 0 bridgehead atoms. The highest BCUT2D eigenvalue weighted by Crippen LogP contribution is 2.18. The van der Waals surface area contributed by atoms with Gasteiger partial charge in [0.25, 0.3) is 6.29 Å². The van der Waals surface area contributed by atoms with Crippen LogP contribution >= 0.6 is 8.03 Å². The maximum Gasteiger partial charge on any atom is 0.366 e. The summed E-state index contributed by atoms with van der Waals surface area (Å²) in [6.07, 6.45) is -0.556. The first-order valence-corrected chi connectivity index (χ1v) is 5.08. The number of benzene rings is 1. The Morgan fingerprint density at radius 2 is 2.00 bits per heavy atom. The Morgan fingerprint density at radius 3 is 2.43 bits per heavy atom. The van der Waals surface area contributed by atoms with Crippen LogP contribution < -0.4 is 9.90 Å². The zero-order valence-corrected chi connectivity index (χ0v) is 8.00. The molecule has 1 aromatic carbocycles. The molecule has 0 heterocycles. The first kappa shape index (κ1) is 10.6. The molecule has 1 rings (SSSR count). The van der Waals surface area contributed by atoms with Crippen molar-refractivity contribution in [1.82, 2.24) is 0 Å². The van der Waals surface area contributed by atoms with Gasteiger partial charge in [0.1, 0.15) is 10.6 Å². The first-order valence-electron chi connectivity index (χ1n) is 3.71. The molecule has 0 spiro atoms. The van der Waals surface area contributed by atoms with Gasteiger partial charge in [-0.2, -0.15) is 0 Å². The molecule has 0 aliphatic rings. The van der Waals surface area contributed by atoms with Gasteiger partial charge >= 0.3 is 13.1 Å². The fourth-order valence-electron chi connectivity index (χ4n) is 0.944. The van der Waals surface area contributed by atoms with E-state index < -0.39 is 19.3 Å². The molecule has 0 aliphatic heterocycles. The Bertz CT molecular complexity index is 343. The van der Waals surface area contributed by atoms with Crippen molar-refractivity contribution in [1.29, 1.82) is 0 Å². The fraction of sp³-hybridized carbons (Fsp3) is 0.143. The van der Waals surface area contributed by atoms with Gasteiger partial charge in [-0.15, -0.1) is 0 Å². The lowest BCUT2D eigenvalue weighted by Crippen LogP contribution is -2.31. The summed E-state index contributed by atoms with van der Waals surface area (Å²) in [5.41, 5.74) is 0.309. The summed E-state index contributed by atoms with van der Waals surface area (Å²) >= 11 is 0. The van der Waals surface area contributed by atoms with E-state index in [0.717, 1.165) is 0 Å². The van der Waals surface area contributed by atoms with Gasteiger partial charge in [-0.05, 0) is 17.1 Å². The lowest BCUT2D eigenvalue weighted by molar-refractivity contribution is -0.798. The van der Waals surface area contributed by atoms with Crippen LogP contribution in [-0.2, 0) is 4.57 Å². The average molecular weight is 215 g/mol. The minimum Gasteiger partial charge on any atom is -0.594 e. The highest BCUT2D eigenvalue weighted by molar-refractivity contribution is 7.36. The summed E-state index contributed by atoms with van der Waals surface area (Å²) < 4.78 is 10.4. The molecule has 74 valence electrons. The smallest absolute Gasteiger partial charge is 0.366 e. The first-order chi connectivity index (χ1) is 6.61. The summed E-state index contributed by atoms with van der Waals surface area (Å²) in [4.78, 5) is 21.0. The van der Waals surface area contributed by atoms with Gasteiger partial charge in [0.05, 0.1) is 0 Å². The number of anilines is 1. The molecule has 0 radical (unpaired) electrons. The summed E-state index contributed by atoms with van der Waals surface area (Å²) in [7, 11) is -2.77. The van der Waals surface area contributed by atoms with Crippen molar-refractivity contribution >= 4 is 13.7 Å². The van der Waals surface area contributed by atoms with E-state index in [9.17, 15) is 14.4 Å². The topological polar surface area (TPSA) is 83.7 Å². The zero-order valence-electron chi connectivity index (χ0n) is 7.11. The number of para-hydroxylation sites is 1. The van der Waals surface area contributed by atoms with E-state index in [1.54, 1.807) is 18.2 Å². The van der Waals surface area contributed by atoms with Gasteiger partial charge < -0.3 is 4.89 Å². The molecule has 0 aliphatic carbocycles. The molecule has 0 amide bonds. The number of nitrogens with zero attached hydrogens (tertiary/aromatic N) is 2. The molecule has 0 fully saturated rings. The lowest BCUT2D eigenvalue weighted by Gasteiger charge is -2.04. The Balaban J connectivity index is 2.89. The summed E-state index contributed by atoms with van der Waals surface area (Å²) in [6, 6.07) is 8.00. The molecule has 1 N–H and O–H groups in total. The van der Waals surface area contributed by atoms with Crippen molar-refractivity contribution in [2.75, 3.05) is 11.3 Å². The maximum atomic E-state index is 10.6. The van der Waals surface area contributed by atoms with Crippen molar-refractivity contribution in [2.24, 2.45) is 0 Å². The normalized spacial score (nSPS) is 10.8. The van der Waals surface area contributed by atoms with Gasteiger partial charge in [0.15, 0.2) is 0 Å². The van der Waals surface area contributed by atoms with Crippen LogP contribution in [0.1, 0.15) is 0 Å². The zero-order chi connectivity index (χ0) is 10.6. The third-order valence-electron chi connectivity index (χ3n) is 1.51. The van der Waals surface area contributed by atoms with Crippen molar-refractivity contribution in [3.8, 4) is 0 Å². The van der Waals surface area contributed by atoms with Gasteiger partial charge in [-0.1, -0.05) is 22.8 Å². The summed E-state index contributed by atoms with van der Waals surface area (Å²) in [5, 5.41) is 8.84. The molecule has 6 nitrogen and oxygen atoms in total. The maximum absolute atomic E-state index is 10.6. The predicted octanol–water partition coefficient (Wildman–Crippen LogP) is 0.636. The van der Waals surface area contributed by atoms with E-state index >= 15 is 0 Å². The van der Waals surface area contributed by atoms with Crippen molar-refractivity contribution in [2.45, 2.75) is 0 Å². The highest BCUT2D eigenvalue weighted by atomic mass is 31.1. The summed E-state index contributed by atoms with van der Waals surface area (Å²) in [5.74, 6) is 0. The van der Waals surface area contributed by atoms with E-state index in [1.165, 1.54) is 12.1 Å². The Labute approximate surface area is 80.8 Å². The second kappa shape index (κ2) is 4.64. The van der Waals surface area contributed by atoms with E-state index in [2.05, 4.69) is 0 Å². The minimum atomic E-state index is -2.77. The number of hydrogen-bond donors (Lipinski definition) is 1. The predicted molar refractivity (Wildman–Crippen MR) is 46.8 cm³/mol. The largest absolute Gasteiger partial charge is 0.594 e. The molecule has 0 aromatic heterocycles. The third-order valence-corrected chi connectivity index (χ3v) is 2.01. The van der Waals surface area contributed by atoms with Gasteiger partial charge in [-0.25, -0.2) is 5.21 Å². The van der Waals surface area contributed by atoms with Crippen molar-refractivity contribution in [3.63, 3.8) is 0 Å². The van der Waals surface area contributed by atoms with Crippen molar-refractivity contribution in [3.05, 3.63) is 35.2 Å². The number of rotatable bonds is 4. The van der Waals surface area contributed by atoms with Crippen LogP contribution in [-0.4, -0.2) is 16.5 Å². The van der Waals surface area contributed by atoms with Gasteiger partial charge in [0.2, 0.25) is 0 Å². The molecular formula is C7H8N2O4P+. The Hall–Kier alpha value is -1.52.